The fourth-order valence-corrected chi connectivity index (χ4v) is 3.27. The van der Waals surface area contributed by atoms with Crippen molar-refractivity contribution in [2.24, 2.45) is 11.3 Å². The SMILES string of the molecule is CCn1cc(CC(NC)C2CCC(C)(C)CC2)cn1. The van der Waals surface area contributed by atoms with Crippen LogP contribution in [0.1, 0.15) is 52.0 Å². The van der Waals surface area contributed by atoms with Crippen LogP contribution in [0.2, 0.25) is 0 Å². The van der Waals surface area contributed by atoms with Crippen LogP contribution in [-0.2, 0) is 13.0 Å². The first-order valence-electron chi connectivity index (χ1n) is 7.72. The minimum atomic E-state index is 0.557. The molecule has 1 aromatic heterocycles. The summed E-state index contributed by atoms with van der Waals surface area (Å²) in [6, 6.07) is 0.602. The normalized spacial score (nSPS) is 21.5. The molecule has 1 aliphatic carbocycles. The highest BCUT2D eigenvalue weighted by molar-refractivity contribution is 5.07. The van der Waals surface area contributed by atoms with Gasteiger partial charge in [0.25, 0.3) is 0 Å². The summed E-state index contributed by atoms with van der Waals surface area (Å²) in [6.45, 7) is 7.91. The standard InChI is InChI=1S/C16H29N3/c1-5-19-12-13(11-18-19)10-15(17-4)14-6-8-16(2,3)9-7-14/h11-12,14-15,17H,5-10H2,1-4H3. The Morgan fingerprint density at radius 2 is 2.11 bits per heavy atom. The molecule has 1 saturated carbocycles. The maximum Gasteiger partial charge on any atom is 0.0522 e. The van der Waals surface area contributed by atoms with Crippen molar-refractivity contribution in [3.63, 3.8) is 0 Å². The lowest BCUT2D eigenvalue weighted by atomic mass is 9.70. The molecule has 1 N–H and O–H groups in total. The van der Waals surface area contributed by atoms with E-state index in [0.717, 1.165) is 18.9 Å². The zero-order valence-electron chi connectivity index (χ0n) is 12.9. The molecule has 108 valence electrons. The van der Waals surface area contributed by atoms with Crippen molar-refractivity contribution in [1.82, 2.24) is 15.1 Å². The van der Waals surface area contributed by atoms with Gasteiger partial charge in [-0.2, -0.15) is 5.10 Å². The molecule has 2 rings (SSSR count). The van der Waals surface area contributed by atoms with Gasteiger partial charge in [0.2, 0.25) is 0 Å². The molecular formula is C16H29N3. The minimum Gasteiger partial charge on any atom is -0.316 e. The predicted octanol–water partition coefficient (Wildman–Crippen LogP) is 3.25. The van der Waals surface area contributed by atoms with Crippen LogP contribution in [0, 0.1) is 11.3 Å². The van der Waals surface area contributed by atoms with Crippen LogP contribution < -0.4 is 5.32 Å². The summed E-state index contributed by atoms with van der Waals surface area (Å²) in [5, 5.41) is 7.92. The summed E-state index contributed by atoms with van der Waals surface area (Å²) >= 11 is 0. The number of hydrogen-bond acceptors (Lipinski definition) is 2. The van der Waals surface area contributed by atoms with E-state index >= 15 is 0 Å². The largest absolute Gasteiger partial charge is 0.316 e. The zero-order valence-corrected chi connectivity index (χ0v) is 12.9. The van der Waals surface area contributed by atoms with E-state index in [1.54, 1.807) is 0 Å². The van der Waals surface area contributed by atoms with Crippen LogP contribution in [0.4, 0.5) is 0 Å². The smallest absolute Gasteiger partial charge is 0.0522 e. The maximum atomic E-state index is 4.38. The van der Waals surface area contributed by atoms with Gasteiger partial charge in [-0.05, 0) is 63.0 Å². The van der Waals surface area contributed by atoms with Crippen LogP contribution >= 0.6 is 0 Å². The van der Waals surface area contributed by atoms with Gasteiger partial charge < -0.3 is 5.32 Å². The lowest BCUT2D eigenvalue weighted by molar-refractivity contribution is 0.163. The molecule has 1 atom stereocenters. The number of aryl methyl sites for hydroxylation is 1. The zero-order chi connectivity index (χ0) is 13.9. The third-order valence-corrected chi connectivity index (χ3v) is 4.79. The molecule has 3 nitrogen and oxygen atoms in total. The number of rotatable bonds is 5. The number of hydrogen-bond donors (Lipinski definition) is 1. The molecular weight excluding hydrogens is 234 g/mol. The monoisotopic (exact) mass is 263 g/mol. The molecule has 1 heterocycles. The lowest BCUT2D eigenvalue weighted by Gasteiger charge is -2.38. The molecule has 0 radical (unpaired) electrons. The third-order valence-electron chi connectivity index (χ3n) is 4.79. The Morgan fingerprint density at radius 3 is 2.63 bits per heavy atom. The number of nitrogens with one attached hydrogen (secondary N) is 1. The number of aromatic nitrogens is 2. The molecule has 0 aliphatic heterocycles. The van der Waals surface area contributed by atoms with Gasteiger partial charge >= 0.3 is 0 Å². The molecule has 3 heteroatoms. The van der Waals surface area contributed by atoms with E-state index in [-0.39, 0.29) is 0 Å². The van der Waals surface area contributed by atoms with Crippen molar-refractivity contribution in [2.75, 3.05) is 7.05 Å². The molecule has 0 amide bonds. The highest BCUT2D eigenvalue weighted by atomic mass is 15.3. The molecule has 0 aromatic carbocycles. The summed E-state index contributed by atoms with van der Waals surface area (Å²) in [4.78, 5) is 0. The van der Waals surface area contributed by atoms with Crippen molar-refractivity contribution in [2.45, 2.75) is 65.5 Å². The van der Waals surface area contributed by atoms with Crippen LogP contribution in [0.15, 0.2) is 12.4 Å². The van der Waals surface area contributed by atoms with E-state index in [2.05, 4.69) is 44.4 Å². The molecule has 0 spiro atoms. The molecule has 19 heavy (non-hydrogen) atoms. The second kappa shape index (κ2) is 6.08. The highest BCUT2D eigenvalue weighted by Gasteiger charge is 2.30. The second-order valence-corrected chi connectivity index (χ2v) is 6.81. The van der Waals surface area contributed by atoms with Crippen molar-refractivity contribution >= 4 is 0 Å². The summed E-state index contributed by atoms with van der Waals surface area (Å²) < 4.78 is 2.02. The first kappa shape index (κ1) is 14.6. The van der Waals surface area contributed by atoms with Gasteiger partial charge in [0.05, 0.1) is 6.20 Å². The molecule has 1 aromatic rings. The molecule has 0 bridgehead atoms. The average molecular weight is 263 g/mol. The fourth-order valence-electron chi connectivity index (χ4n) is 3.27. The van der Waals surface area contributed by atoms with Gasteiger partial charge in [-0.3, -0.25) is 4.68 Å². The summed E-state index contributed by atoms with van der Waals surface area (Å²) in [6.07, 6.45) is 10.8. The molecule has 0 saturated heterocycles. The Morgan fingerprint density at radius 1 is 1.42 bits per heavy atom. The van der Waals surface area contributed by atoms with Crippen molar-refractivity contribution in [3.8, 4) is 0 Å². The van der Waals surface area contributed by atoms with E-state index in [1.807, 2.05) is 10.9 Å². The van der Waals surface area contributed by atoms with Crippen LogP contribution in [-0.4, -0.2) is 22.9 Å². The molecule has 1 aliphatic rings. The Balaban J connectivity index is 1.93. The third kappa shape index (κ3) is 3.82. The summed E-state index contributed by atoms with van der Waals surface area (Å²) in [7, 11) is 2.11. The highest BCUT2D eigenvalue weighted by Crippen LogP contribution is 2.39. The van der Waals surface area contributed by atoms with Crippen molar-refractivity contribution < 1.29 is 0 Å². The predicted molar refractivity (Wildman–Crippen MR) is 80.2 cm³/mol. The Bertz CT molecular complexity index is 384. The van der Waals surface area contributed by atoms with Gasteiger partial charge in [-0.1, -0.05) is 13.8 Å². The van der Waals surface area contributed by atoms with E-state index in [9.17, 15) is 0 Å². The molecule has 1 fully saturated rings. The number of likely N-dealkylation sites (N-methyl/N-ethyl adjacent to an activating group) is 1. The first-order chi connectivity index (χ1) is 9.04. The summed E-state index contributed by atoms with van der Waals surface area (Å²) in [5.74, 6) is 0.822. The Labute approximate surface area is 117 Å². The van der Waals surface area contributed by atoms with Crippen LogP contribution in [0.5, 0.6) is 0 Å². The van der Waals surface area contributed by atoms with Crippen molar-refractivity contribution in [3.05, 3.63) is 18.0 Å². The Hall–Kier alpha value is -0.830. The van der Waals surface area contributed by atoms with Gasteiger partial charge in [0.1, 0.15) is 0 Å². The van der Waals surface area contributed by atoms with Crippen LogP contribution in [0.3, 0.4) is 0 Å². The molecule has 1 unspecified atom stereocenters. The summed E-state index contributed by atoms with van der Waals surface area (Å²) in [5.41, 5.74) is 1.92. The van der Waals surface area contributed by atoms with Crippen molar-refractivity contribution in [1.29, 1.82) is 0 Å². The van der Waals surface area contributed by atoms with Crippen LogP contribution in [0.25, 0.3) is 0 Å². The van der Waals surface area contributed by atoms with E-state index < -0.39 is 0 Å². The quantitative estimate of drug-likeness (QED) is 0.884. The maximum absolute atomic E-state index is 4.38. The van der Waals surface area contributed by atoms with Gasteiger partial charge in [0, 0.05) is 18.8 Å². The number of nitrogens with zero attached hydrogens (tertiary/aromatic N) is 2. The van der Waals surface area contributed by atoms with E-state index in [0.29, 0.717) is 11.5 Å². The fraction of sp³-hybridized carbons (Fsp3) is 0.812. The average Bonchev–Trinajstić information content (AvgIpc) is 2.84. The van der Waals surface area contributed by atoms with E-state index in [1.165, 1.54) is 31.2 Å². The first-order valence-corrected chi connectivity index (χ1v) is 7.72. The van der Waals surface area contributed by atoms with Gasteiger partial charge in [0.15, 0.2) is 0 Å². The van der Waals surface area contributed by atoms with Gasteiger partial charge in [-0.15, -0.1) is 0 Å². The van der Waals surface area contributed by atoms with E-state index in [4.69, 9.17) is 0 Å². The second-order valence-electron chi connectivity index (χ2n) is 6.81. The Kier molecular flexibility index (Phi) is 4.67. The topological polar surface area (TPSA) is 29.9 Å². The minimum absolute atomic E-state index is 0.557. The van der Waals surface area contributed by atoms with Gasteiger partial charge in [-0.25, -0.2) is 0 Å². The lowest BCUT2D eigenvalue weighted by Crippen LogP contribution is -2.38.